The van der Waals surface area contributed by atoms with Crippen molar-refractivity contribution in [3.63, 3.8) is 0 Å². The maximum atomic E-state index is 5.13. The van der Waals surface area contributed by atoms with Crippen molar-refractivity contribution in [1.82, 2.24) is 15.3 Å². The number of aromatic amines is 1. The van der Waals surface area contributed by atoms with Gasteiger partial charge in [0.2, 0.25) is 0 Å². The lowest BCUT2D eigenvalue weighted by atomic mass is 10.2. The smallest absolute Gasteiger partial charge is 0.121 e. The fraction of sp³-hybridized carbons (Fsp3) is 0.250. The van der Waals surface area contributed by atoms with Crippen molar-refractivity contribution in [2.75, 3.05) is 14.2 Å². The summed E-state index contributed by atoms with van der Waals surface area (Å²) < 4.78 is 6.03. The average Bonchev–Trinajstić information content (AvgIpc) is 2.71. The Morgan fingerprint density at radius 2 is 2.06 bits per heavy atom. The molecule has 0 unspecified atom stereocenters. The number of hydrogen-bond acceptors (Lipinski definition) is 3. The van der Waals surface area contributed by atoms with Crippen molar-refractivity contribution >= 4 is 15.9 Å². The molecule has 5 heteroatoms. The topological polar surface area (TPSA) is 49.9 Å². The van der Waals surface area contributed by atoms with Gasteiger partial charge in [-0.25, -0.2) is 4.98 Å². The van der Waals surface area contributed by atoms with Gasteiger partial charge < -0.3 is 15.0 Å². The summed E-state index contributed by atoms with van der Waals surface area (Å²) in [7, 11) is 3.55. The first-order chi connectivity index (χ1) is 8.24. The van der Waals surface area contributed by atoms with Crippen LogP contribution in [0.25, 0.3) is 11.3 Å². The molecule has 0 bridgehead atoms. The molecule has 0 aliphatic rings. The third kappa shape index (κ3) is 2.68. The number of nitrogens with one attached hydrogen (secondary N) is 2. The van der Waals surface area contributed by atoms with E-state index in [-0.39, 0.29) is 0 Å². The second-order valence-corrected chi connectivity index (χ2v) is 4.40. The lowest BCUT2D eigenvalue weighted by Gasteiger charge is -2.01. The molecule has 0 radical (unpaired) electrons. The lowest BCUT2D eigenvalue weighted by Crippen LogP contribution is -2.06. The number of imidazole rings is 1. The zero-order valence-corrected chi connectivity index (χ0v) is 11.3. The second-order valence-electron chi connectivity index (χ2n) is 3.60. The quantitative estimate of drug-likeness (QED) is 0.911. The summed E-state index contributed by atoms with van der Waals surface area (Å²) in [5, 5.41) is 3.06. The summed E-state index contributed by atoms with van der Waals surface area (Å²) in [6, 6.07) is 7.83. The first-order valence-electron chi connectivity index (χ1n) is 5.28. The van der Waals surface area contributed by atoms with Crippen molar-refractivity contribution < 1.29 is 4.74 Å². The molecule has 1 heterocycles. The van der Waals surface area contributed by atoms with E-state index in [1.54, 1.807) is 7.11 Å². The largest absolute Gasteiger partial charge is 0.497 e. The zero-order chi connectivity index (χ0) is 12.3. The van der Waals surface area contributed by atoms with Crippen LogP contribution in [0.2, 0.25) is 0 Å². The van der Waals surface area contributed by atoms with E-state index in [1.807, 2.05) is 31.3 Å². The standard InChI is InChI=1S/C12H14BrN3O/c1-14-7-10-15-11(12(13)16-10)8-3-5-9(17-2)6-4-8/h3-6,14H,7H2,1-2H3,(H,15,16). The molecular weight excluding hydrogens is 282 g/mol. The Labute approximate surface area is 109 Å². The minimum Gasteiger partial charge on any atom is -0.497 e. The maximum absolute atomic E-state index is 5.13. The number of ether oxygens (including phenoxy) is 1. The van der Waals surface area contributed by atoms with Gasteiger partial charge >= 0.3 is 0 Å². The molecule has 0 saturated carbocycles. The molecule has 90 valence electrons. The molecule has 2 rings (SSSR count). The number of rotatable bonds is 4. The van der Waals surface area contributed by atoms with E-state index in [0.717, 1.165) is 34.0 Å². The number of halogens is 1. The highest BCUT2D eigenvalue weighted by molar-refractivity contribution is 9.10. The summed E-state index contributed by atoms with van der Waals surface area (Å²) in [4.78, 5) is 7.70. The third-order valence-corrected chi connectivity index (χ3v) is 2.99. The highest BCUT2D eigenvalue weighted by atomic mass is 79.9. The normalized spacial score (nSPS) is 10.5. The molecule has 0 saturated heterocycles. The van der Waals surface area contributed by atoms with Crippen LogP contribution in [0.15, 0.2) is 28.9 Å². The molecule has 1 aromatic heterocycles. The van der Waals surface area contributed by atoms with Gasteiger partial charge in [-0.1, -0.05) is 0 Å². The molecule has 4 nitrogen and oxygen atoms in total. The van der Waals surface area contributed by atoms with E-state index in [9.17, 15) is 0 Å². The first-order valence-corrected chi connectivity index (χ1v) is 6.07. The van der Waals surface area contributed by atoms with Crippen LogP contribution >= 0.6 is 15.9 Å². The van der Waals surface area contributed by atoms with Crippen molar-refractivity contribution in [1.29, 1.82) is 0 Å². The van der Waals surface area contributed by atoms with E-state index < -0.39 is 0 Å². The van der Waals surface area contributed by atoms with Crippen LogP contribution in [0.3, 0.4) is 0 Å². The van der Waals surface area contributed by atoms with Crippen LogP contribution in [0, 0.1) is 0 Å². The number of H-pyrrole nitrogens is 1. The van der Waals surface area contributed by atoms with Gasteiger partial charge in [-0.2, -0.15) is 0 Å². The Kier molecular flexibility index (Phi) is 3.81. The molecule has 0 aliphatic heterocycles. The van der Waals surface area contributed by atoms with E-state index >= 15 is 0 Å². The van der Waals surface area contributed by atoms with Crippen LogP contribution in [-0.2, 0) is 6.54 Å². The van der Waals surface area contributed by atoms with E-state index in [1.165, 1.54) is 0 Å². The molecule has 2 N–H and O–H groups in total. The molecule has 0 amide bonds. The minimum absolute atomic E-state index is 0.717. The number of nitrogens with zero attached hydrogens (tertiary/aromatic N) is 1. The average molecular weight is 296 g/mol. The summed E-state index contributed by atoms with van der Waals surface area (Å²) in [6.07, 6.45) is 0. The molecule has 1 aromatic carbocycles. The van der Waals surface area contributed by atoms with Gasteiger partial charge in [0.05, 0.1) is 13.7 Å². The zero-order valence-electron chi connectivity index (χ0n) is 9.75. The van der Waals surface area contributed by atoms with Crippen molar-refractivity contribution in [3.05, 3.63) is 34.7 Å². The van der Waals surface area contributed by atoms with Crippen molar-refractivity contribution in [2.24, 2.45) is 0 Å². The third-order valence-electron chi connectivity index (χ3n) is 2.42. The van der Waals surface area contributed by atoms with Crippen LogP contribution in [-0.4, -0.2) is 24.1 Å². The predicted octanol–water partition coefficient (Wildman–Crippen LogP) is 2.57. The van der Waals surface area contributed by atoms with Crippen LogP contribution in [0.5, 0.6) is 5.75 Å². The fourth-order valence-corrected chi connectivity index (χ4v) is 2.14. The highest BCUT2D eigenvalue weighted by Gasteiger charge is 2.09. The van der Waals surface area contributed by atoms with Gasteiger partial charge in [-0.3, -0.25) is 0 Å². The highest BCUT2D eigenvalue weighted by Crippen LogP contribution is 2.27. The Morgan fingerprint density at radius 3 is 2.65 bits per heavy atom. The molecular formula is C12H14BrN3O. The molecule has 0 spiro atoms. The SMILES string of the molecule is CNCc1nc(-c2ccc(OC)cc2)c(Br)[nH]1. The minimum atomic E-state index is 0.717. The van der Waals surface area contributed by atoms with Gasteiger partial charge in [0.25, 0.3) is 0 Å². The Bertz CT molecular complexity index is 493. The Morgan fingerprint density at radius 1 is 1.35 bits per heavy atom. The summed E-state index contributed by atoms with van der Waals surface area (Å²) in [5.74, 6) is 1.75. The van der Waals surface area contributed by atoms with Gasteiger partial charge in [0, 0.05) is 5.56 Å². The molecule has 2 aromatic rings. The van der Waals surface area contributed by atoms with Crippen LogP contribution in [0.1, 0.15) is 5.82 Å². The number of methoxy groups -OCH3 is 1. The van der Waals surface area contributed by atoms with Crippen molar-refractivity contribution in [2.45, 2.75) is 6.54 Å². The summed E-state index contributed by atoms with van der Waals surface area (Å²) >= 11 is 3.48. The van der Waals surface area contributed by atoms with Gasteiger partial charge in [0.15, 0.2) is 0 Å². The number of benzene rings is 1. The Balaban J connectivity index is 2.31. The molecule has 0 atom stereocenters. The molecule has 0 fully saturated rings. The van der Waals surface area contributed by atoms with Gasteiger partial charge in [-0.15, -0.1) is 0 Å². The maximum Gasteiger partial charge on any atom is 0.121 e. The Hall–Kier alpha value is -1.33. The first kappa shape index (κ1) is 12.1. The van der Waals surface area contributed by atoms with E-state index in [4.69, 9.17) is 4.74 Å². The van der Waals surface area contributed by atoms with Crippen molar-refractivity contribution in [3.8, 4) is 17.0 Å². The fourth-order valence-electron chi connectivity index (χ4n) is 1.59. The number of aromatic nitrogens is 2. The number of hydrogen-bond donors (Lipinski definition) is 2. The van der Waals surface area contributed by atoms with E-state index in [0.29, 0.717) is 0 Å². The van der Waals surface area contributed by atoms with Gasteiger partial charge in [-0.05, 0) is 47.2 Å². The van der Waals surface area contributed by atoms with Gasteiger partial charge in [0.1, 0.15) is 21.9 Å². The molecule has 17 heavy (non-hydrogen) atoms. The lowest BCUT2D eigenvalue weighted by molar-refractivity contribution is 0.415. The predicted molar refractivity (Wildman–Crippen MR) is 71.0 cm³/mol. The van der Waals surface area contributed by atoms with Crippen LogP contribution < -0.4 is 10.1 Å². The van der Waals surface area contributed by atoms with Crippen LogP contribution in [0.4, 0.5) is 0 Å². The molecule has 0 aliphatic carbocycles. The second kappa shape index (κ2) is 5.33. The summed E-state index contributed by atoms with van der Waals surface area (Å²) in [5.41, 5.74) is 1.97. The monoisotopic (exact) mass is 295 g/mol. The van der Waals surface area contributed by atoms with E-state index in [2.05, 4.69) is 31.2 Å². The summed E-state index contributed by atoms with van der Waals surface area (Å²) in [6.45, 7) is 0.717.